The summed E-state index contributed by atoms with van der Waals surface area (Å²) in [6, 6.07) is 4.66. The van der Waals surface area contributed by atoms with Gasteiger partial charge in [-0.25, -0.2) is 13.1 Å². The van der Waals surface area contributed by atoms with Crippen LogP contribution in [0, 0.1) is 5.41 Å². The second kappa shape index (κ2) is 5.79. The van der Waals surface area contributed by atoms with Gasteiger partial charge in [0.15, 0.2) is 0 Å². The van der Waals surface area contributed by atoms with Crippen LogP contribution in [0.1, 0.15) is 27.2 Å². The third kappa shape index (κ3) is 4.11. The van der Waals surface area contributed by atoms with E-state index >= 15 is 0 Å². The molecule has 1 aromatic carbocycles. The van der Waals surface area contributed by atoms with Crippen molar-refractivity contribution in [1.82, 2.24) is 4.72 Å². The van der Waals surface area contributed by atoms with E-state index in [1.54, 1.807) is 12.1 Å². The Kier molecular flexibility index (Phi) is 4.81. The lowest BCUT2D eigenvalue weighted by Gasteiger charge is -2.24. The van der Waals surface area contributed by atoms with Gasteiger partial charge in [0.05, 0.1) is 16.3 Å². The van der Waals surface area contributed by atoms with E-state index in [4.69, 9.17) is 5.73 Å². The van der Waals surface area contributed by atoms with Crippen molar-refractivity contribution >= 4 is 21.4 Å². The molecule has 1 aromatic rings. The molecule has 0 bridgehead atoms. The smallest absolute Gasteiger partial charge is 0.240 e. The number of hydrogen-bond acceptors (Lipinski definition) is 4. The van der Waals surface area contributed by atoms with Crippen molar-refractivity contribution in [1.29, 1.82) is 0 Å². The zero-order valence-corrected chi connectivity index (χ0v) is 12.8. The van der Waals surface area contributed by atoms with Crippen LogP contribution in [0.15, 0.2) is 23.1 Å². The lowest BCUT2D eigenvalue weighted by Crippen LogP contribution is -2.23. The summed E-state index contributed by atoms with van der Waals surface area (Å²) in [4.78, 5) is 0.209. The van der Waals surface area contributed by atoms with Gasteiger partial charge in [-0.15, -0.1) is 0 Å². The van der Waals surface area contributed by atoms with Crippen LogP contribution in [0.3, 0.4) is 0 Å². The minimum atomic E-state index is -3.44. The Morgan fingerprint density at radius 3 is 2.47 bits per heavy atom. The standard InChI is InChI=1S/C13H23N3O2S/c1-5-13(2,3)9-16-12-8-10(6-7-11(12)14)19(17,18)15-4/h6-8,15-16H,5,9,14H2,1-4H3. The molecule has 0 fully saturated rings. The molecule has 0 heterocycles. The van der Waals surface area contributed by atoms with Crippen LogP contribution in [0.2, 0.25) is 0 Å². The van der Waals surface area contributed by atoms with Crippen LogP contribution >= 0.6 is 0 Å². The normalized spacial score (nSPS) is 12.4. The predicted molar refractivity (Wildman–Crippen MR) is 79.7 cm³/mol. The number of nitrogen functional groups attached to an aromatic ring is 1. The predicted octanol–water partition coefficient (Wildman–Crippen LogP) is 2.02. The topological polar surface area (TPSA) is 84.2 Å². The number of benzene rings is 1. The van der Waals surface area contributed by atoms with E-state index in [-0.39, 0.29) is 10.3 Å². The molecule has 5 nitrogen and oxygen atoms in total. The van der Waals surface area contributed by atoms with Crippen molar-refractivity contribution in [2.75, 3.05) is 24.6 Å². The Balaban J connectivity index is 2.99. The summed E-state index contributed by atoms with van der Waals surface area (Å²) in [5.41, 5.74) is 7.19. The van der Waals surface area contributed by atoms with E-state index in [1.807, 2.05) is 0 Å². The number of sulfonamides is 1. The maximum Gasteiger partial charge on any atom is 0.240 e. The highest BCUT2D eigenvalue weighted by Gasteiger charge is 2.17. The molecular formula is C13H23N3O2S. The molecule has 0 atom stereocenters. The number of anilines is 2. The summed E-state index contributed by atoms with van der Waals surface area (Å²) in [7, 11) is -2.05. The van der Waals surface area contributed by atoms with Gasteiger partial charge in [0.1, 0.15) is 0 Å². The van der Waals surface area contributed by atoms with Crippen molar-refractivity contribution in [2.45, 2.75) is 32.1 Å². The third-order valence-electron chi connectivity index (χ3n) is 3.32. The van der Waals surface area contributed by atoms with Gasteiger partial charge in [-0.3, -0.25) is 0 Å². The highest BCUT2D eigenvalue weighted by Crippen LogP contribution is 2.26. The Labute approximate surface area is 115 Å². The summed E-state index contributed by atoms with van der Waals surface area (Å²) in [6.45, 7) is 7.14. The molecule has 1 rings (SSSR count). The van der Waals surface area contributed by atoms with E-state index in [1.165, 1.54) is 13.1 Å². The van der Waals surface area contributed by atoms with Gasteiger partial charge >= 0.3 is 0 Å². The van der Waals surface area contributed by atoms with E-state index < -0.39 is 10.0 Å². The van der Waals surface area contributed by atoms with Gasteiger partial charge in [0.2, 0.25) is 10.0 Å². The lowest BCUT2D eigenvalue weighted by atomic mass is 9.90. The third-order valence-corrected chi connectivity index (χ3v) is 4.73. The first-order chi connectivity index (χ1) is 8.72. The Bertz CT molecular complexity index is 539. The quantitative estimate of drug-likeness (QED) is 0.698. The average Bonchev–Trinajstić information content (AvgIpc) is 2.37. The van der Waals surface area contributed by atoms with E-state index in [9.17, 15) is 8.42 Å². The van der Waals surface area contributed by atoms with Gasteiger partial charge in [0, 0.05) is 6.54 Å². The van der Waals surface area contributed by atoms with Crippen molar-refractivity contribution in [3.05, 3.63) is 18.2 Å². The number of nitrogens with two attached hydrogens (primary N) is 1. The molecule has 0 amide bonds. The summed E-state index contributed by atoms with van der Waals surface area (Å²) >= 11 is 0. The molecule has 0 aliphatic heterocycles. The molecule has 0 radical (unpaired) electrons. The molecule has 0 spiro atoms. The number of hydrogen-bond donors (Lipinski definition) is 3. The van der Waals surface area contributed by atoms with Crippen LogP contribution in [0.4, 0.5) is 11.4 Å². The fourth-order valence-corrected chi connectivity index (χ4v) is 2.19. The zero-order valence-electron chi connectivity index (χ0n) is 11.9. The lowest BCUT2D eigenvalue weighted by molar-refractivity contribution is 0.377. The molecule has 6 heteroatoms. The minimum Gasteiger partial charge on any atom is -0.397 e. The first-order valence-corrected chi connectivity index (χ1v) is 7.77. The Morgan fingerprint density at radius 2 is 1.95 bits per heavy atom. The molecule has 0 saturated heterocycles. The molecule has 0 saturated carbocycles. The minimum absolute atomic E-state index is 0.129. The zero-order chi connectivity index (χ0) is 14.7. The number of rotatable bonds is 6. The summed E-state index contributed by atoms with van der Waals surface area (Å²) in [6.07, 6.45) is 1.02. The molecular weight excluding hydrogens is 262 g/mol. The highest BCUT2D eigenvalue weighted by molar-refractivity contribution is 7.89. The van der Waals surface area contributed by atoms with Gasteiger partial charge < -0.3 is 11.1 Å². The average molecular weight is 285 g/mol. The number of nitrogens with one attached hydrogen (secondary N) is 2. The van der Waals surface area contributed by atoms with Crippen molar-refractivity contribution in [3.8, 4) is 0 Å². The Morgan fingerprint density at radius 1 is 1.32 bits per heavy atom. The maximum absolute atomic E-state index is 11.7. The molecule has 0 aliphatic rings. The largest absolute Gasteiger partial charge is 0.397 e. The van der Waals surface area contributed by atoms with Gasteiger partial charge in [-0.1, -0.05) is 20.8 Å². The fourth-order valence-electron chi connectivity index (χ4n) is 1.43. The molecule has 108 valence electrons. The molecule has 0 unspecified atom stereocenters. The maximum atomic E-state index is 11.7. The van der Waals surface area contributed by atoms with Gasteiger partial charge in [0.25, 0.3) is 0 Å². The van der Waals surface area contributed by atoms with Crippen molar-refractivity contribution in [3.63, 3.8) is 0 Å². The SMILES string of the molecule is CCC(C)(C)CNc1cc(S(=O)(=O)NC)ccc1N. The molecule has 0 aromatic heterocycles. The monoisotopic (exact) mass is 285 g/mol. The first kappa shape index (κ1) is 15.8. The van der Waals surface area contributed by atoms with E-state index in [0.29, 0.717) is 11.4 Å². The second-order valence-electron chi connectivity index (χ2n) is 5.33. The first-order valence-electron chi connectivity index (χ1n) is 6.29. The van der Waals surface area contributed by atoms with Crippen LogP contribution < -0.4 is 15.8 Å². The molecule has 19 heavy (non-hydrogen) atoms. The highest BCUT2D eigenvalue weighted by atomic mass is 32.2. The van der Waals surface area contributed by atoms with Crippen LogP contribution in [-0.4, -0.2) is 22.0 Å². The van der Waals surface area contributed by atoms with Crippen LogP contribution in [0.25, 0.3) is 0 Å². The Hall–Kier alpha value is -1.27. The van der Waals surface area contributed by atoms with Crippen molar-refractivity contribution in [2.24, 2.45) is 5.41 Å². The molecule has 4 N–H and O–H groups in total. The van der Waals surface area contributed by atoms with E-state index in [2.05, 4.69) is 30.8 Å². The van der Waals surface area contributed by atoms with Crippen molar-refractivity contribution < 1.29 is 8.42 Å². The van der Waals surface area contributed by atoms with E-state index in [0.717, 1.165) is 13.0 Å². The summed E-state index contributed by atoms with van der Waals surface area (Å²) < 4.78 is 25.8. The van der Waals surface area contributed by atoms with Crippen LogP contribution in [0.5, 0.6) is 0 Å². The fraction of sp³-hybridized carbons (Fsp3) is 0.538. The van der Waals surface area contributed by atoms with Crippen LogP contribution in [-0.2, 0) is 10.0 Å². The summed E-state index contributed by atoms with van der Waals surface area (Å²) in [5.74, 6) is 0. The van der Waals surface area contributed by atoms with Gasteiger partial charge in [-0.05, 0) is 37.1 Å². The summed E-state index contributed by atoms with van der Waals surface area (Å²) in [5, 5.41) is 3.22. The second-order valence-corrected chi connectivity index (χ2v) is 7.21. The van der Waals surface area contributed by atoms with Gasteiger partial charge in [-0.2, -0.15) is 0 Å². The molecule has 0 aliphatic carbocycles.